The SMILES string of the molecule is Brc1ccc2nc(-c3ccc(-c4cc5cccnc5c5ncccc45)cn3)ccc2c1.CC1(C)OB(c2ccc3nc(-c4cccc5ccccc45)ccc3c2)OC1(C)C.c1ccc2c(-c3ccc4cc(-c5ccc6nc(-c7ccc(-c8cc9cccnc9c9ncccc89)cc7)ccc6c5)ccc4n3)cccc2c1. The molecule has 13 heteroatoms. The second-order valence-electron chi connectivity index (χ2n) is 28.8. The first-order chi connectivity index (χ1) is 53.8. The molecule has 0 unspecified atom stereocenters. The number of hydrogen-bond acceptors (Lipinski definition) is 11. The van der Waals surface area contributed by atoms with Crippen molar-refractivity contribution in [2.45, 2.75) is 38.9 Å². The summed E-state index contributed by atoms with van der Waals surface area (Å²) < 4.78 is 13.4. The van der Waals surface area contributed by atoms with Crippen LogP contribution in [0.4, 0.5) is 0 Å². The molecule has 21 rings (SSSR count). The van der Waals surface area contributed by atoms with Gasteiger partial charge in [-0.2, -0.15) is 0 Å². The molecular weight excluding hydrogens is 1410 g/mol. The monoisotopic (exact) mass is 1480 g/mol. The Labute approximate surface area is 643 Å². The fraction of sp³-hybridized carbons (Fsp3) is 0.0619. The smallest absolute Gasteiger partial charge is 0.399 e. The van der Waals surface area contributed by atoms with Crippen LogP contribution in [0.1, 0.15) is 27.7 Å². The molecule has 11 aromatic carbocycles. The number of pyridine rings is 9. The van der Waals surface area contributed by atoms with E-state index in [0.717, 1.165) is 176 Å². The molecule has 20 aromatic rings. The molecule has 1 aliphatic rings. The van der Waals surface area contributed by atoms with Crippen molar-refractivity contribution in [2.75, 3.05) is 0 Å². The van der Waals surface area contributed by atoms with Crippen LogP contribution in [-0.4, -0.2) is 63.2 Å². The Hall–Kier alpha value is -13.2. The molecule has 0 spiro atoms. The molecule has 1 fully saturated rings. The molecule has 522 valence electrons. The van der Waals surface area contributed by atoms with E-state index in [9.17, 15) is 0 Å². The fourth-order valence-corrected chi connectivity index (χ4v) is 15.4. The molecule has 0 amide bonds. The largest absolute Gasteiger partial charge is 0.494 e. The van der Waals surface area contributed by atoms with Crippen molar-refractivity contribution in [1.82, 2.24) is 44.9 Å². The van der Waals surface area contributed by atoms with Crippen LogP contribution < -0.4 is 5.46 Å². The minimum Gasteiger partial charge on any atom is -0.399 e. The van der Waals surface area contributed by atoms with Gasteiger partial charge >= 0.3 is 7.12 Å². The zero-order valence-electron chi connectivity index (χ0n) is 60.6. The van der Waals surface area contributed by atoms with Gasteiger partial charge in [-0.15, -0.1) is 0 Å². The van der Waals surface area contributed by atoms with E-state index in [1.165, 1.54) is 21.5 Å². The quantitative estimate of drug-likeness (QED) is 0.106. The summed E-state index contributed by atoms with van der Waals surface area (Å²) in [7, 11) is -0.359. The molecule has 0 radical (unpaired) electrons. The first kappa shape index (κ1) is 67.4. The summed E-state index contributed by atoms with van der Waals surface area (Å²) in [5.41, 5.74) is 22.6. The number of nitrogens with zero attached hydrogens (tertiary/aromatic N) is 9. The highest BCUT2D eigenvalue weighted by molar-refractivity contribution is 9.10. The van der Waals surface area contributed by atoms with E-state index in [4.69, 9.17) is 34.2 Å². The fourth-order valence-electron chi connectivity index (χ4n) is 15.0. The van der Waals surface area contributed by atoms with Crippen LogP contribution in [0.2, 0.25) is 0 Å². The first-order valence-corrected chi connectivity index (χ1v) is 37.6. The Morgan fingerprint density at radius 1 is 0.264 bits per heavy atom. The van der Waals surface area contributed by atoms with Gasteiger partial charge in [0.25, 0.3) is 0 Å². The van der Waals surface area contributed by atoms with Crippen LogP contribution >= 0.6 is 15.9 Å². The molecule has 0 aliphatic carbocycles. The molecular formula is C97H67BBrN9O2. The van der Waals surface area contributed by atoms with Gasteiger partial charge in [0.15, 0.2) is 0 Å². The Bertz CT molecular complexity index is 7010. The lowest BCUT2D eigenvalue weighted by Gasteiger charge is -2.32. The number of halogens is 1. The highest BCUT2D eigenvalue weighted by atomic mass is 79.9. The Morgan fingerprint density at radius 3 is 1.22 bits per heavy atom. The number of benzene rings is 11. The van der Waals surface area contributed by atoms with E-state index >= 15 is 0 Å². The van der Waals surface area contributed by atoms with Gasteiger partial charge in [0.1, 0.15) is 0 Å². The topological polar surface area (TPSA) is 134 Å². The van der Waals surface area contributed by atoms with Gasteiger partial charge in [-0.1, -0.05) is 204 Å². The van der Waals surface area contributed by atoms with Gasteiger partial charge in [-0.25, -0.2) is 19.9 Å². The summed E-state index contributed by atoms with van der Waals surface area (Å²) in [5, 5.41) is 13.6. The first-order valence-electron chi connectivity index (χ1n) is 36.8. The lowest BCUT2D eigenvalue weighted by Crippen LogP contribution is -2.41. The Kier molecular flexibility index (Phi) is 17.1. The molecule has 11 nitrogen and oxygen atoms in total. The molecule has 0 bridgehead atoms. The predicted octanol–water partition coefficient (Wildman–Crippen LogP) is 23.9. The third-order valence-electron chi connectivity index (χ3n) is 21.5. The van der Waals surface area contributed by atoms with Crippen molar-refractivity contribution in [3.63, 3.8) is 0 Å². The second kappa shape index (κ2) is 27.9. The molecule has 0 N–H and O–H groups in total. The summed E-state index contributed by atoms with van der Waals surface area (Å²) in [6, 6.07) is 105. The highest BCUT2D eigenvalue weighted by Gasteiger charge is 2.51. The molecule has 1 aliphatic heterocycles. The summed E-state index contributed by atoms with van der Waals surface area (Å²) in [6.45, 7) is 8.30. The maximum Gasteiger partial charge on any atom is 0.494 e. The normalized spacial score (nSPS) is 13.2. The van der Waals surface area contributed by atoms with Crippen LogP contribution in [0.3, 0.4) is 0 Å². The van der Waals surface area contributed by atoms with Crippen molar-refractivity contribution < 1.29 is 9.31 Å². The van der Waals surface area contributed by atoms with Gasteiger partial charge in [0, 0.05) is 95.4 Å². The Balaban J connectivity index is 0.000000118. The molecule has 110 heavy (non-hydrogen) atoms. The number of rotatable bonds is 8. The lowest BCUT2D eigenvalue weighted by molar-refractivity contribution is 0.00578. The van der Waals surface area contributed by atoms with E-state index in [1.807, 2.05) is 79.5 Å². The van der Waals surface area contributed by atoms with E-state index in [0.29, 0.717) is 0 Å². The zero-order chi connectivity index (χ0) is 74.0. The Morgan fingerprint density at radius 2 is 0.664 bits per heavy atom. The maximum atomic E-state index is 6.20. The van der Waals surface area contributed by atoms with Crippen molar-refractivity contribution >= 4 is 137 Å². The van der Waals surface area contributed by atoms with Crippen LogP contribution in [0.25, 0.3) is 187 Å². The van der Waals surface area contributed by atoms with Gasteiger partial charge in [0.2, 0.25) is 0 Å². The summed E-state index contributed by atoms with van der Waals surface area (Å²) in [6.07, 6.45) is 9.19. The second-order valence-corrected chi connectivity index (χ2v) is 29.8. The standard InChI is InChI=1S/C46H28N4.C26H15BrN4.C25H24BNO2/c1-2-9-37-29(6-1)7-3-10-38(37)44-23-19-35-27-33(17-21-43(35)50-44)32-16-20-42-34(26-32)18-22-41(49-42)31-14-12-30(13-15-31)40-28-36-8-4-24-47-45(36)46-39(40)11-5-25-48-46;27-19-7-10-22-16(13-19)5-9-24(31-22)23-8-6-18(15-30-23)21-14-17-3-1-11-28-25(17)26-20(21)4-2-12-29-26;1-24(2)25(3,4)29-26(28-24)19-13-15-22-18(16-19)12-14-23(27-22)21-11-7-9-17-8-5-6-10-20(17)21/h1-28H;1-15H;5-16H,1-4H3. The van der Waals surface area contributed by atoms with Crippen molar-refractivity contribution in [3.05, 3.63) is 339 Å². The van der Waals surface area contributed by atoms with E-state index in [-0.39, 0.29) is 18.3 Å². The average Bonchev–Trinajstić information content (AvgIpc) is 1.26. The zero-order valence-corrected chi connectivity index (χ0v) is 62.1. The molecule has 9 aromatic heterocycles. The summed E-state index contributed by atoms with van der Waals surface area (Å²) >= 11 is 3.51. The van der Waals surface area contributed by atoms with Crippen molar-refractivity contribution in [1.29, 1.82) is 0 Å². The number of aromatic nitrogens is 9. The maximum absolute atomic E-state index is 6.20. The highest BCUT2D eigenvalue weighted by Crippen LogP contribution is 2.40. The van der Waals surface area contributed by atoms with Crippen LogP contribution in [0.5, 0.6) is 0 Å². The molecule has 0 saturated carbocycles. The van der Waals surface area contributed by atoms with Gasteiger partial charge in [0.05, 0.1) is 83.8 Å². The van der Waals surface area contributed by atoms with Crippen molar-refractivity contribution in [3.8, 4) is 78.5 Å². The van der Waals surface area contributed by atoms with Gasteiger partial charge < -0.3 is 9.31 Å². The van der Waals surface area contributed by atoms with Gasteiger partial charge in [-0.05, 0) is 203 Å². The van der Waals surface area contributed by atoms with E-state index in [1.54, 1.807) is 0 Å². The third-order valence-corrected chi connectivity index (χ3v) is 22.0. The minimum atomic E-state index is -0.359. The molecule has 10 heterocycles. The van der Waals surface area contributed by atoms with Gasteiger partial charge in [-0.3, -0.25) is 24.9 Å². The summed E-state index contributed by atoms with van der Waals surface area (Å²) in [5.74, 6) is 0. The molecule has 0 atom stereocenters. The number of fused-ring (bicyclic) bond motifs is 12. The minimum absolute atomic E-state index is 0.344. The van der Waals surface area contributed by atoms with E-state index < -0.39 is 0 Å². The predicted molar refractivity (Wildman–Crippen MR) is 456 cm³/mol. The lowest BCUT2D eigenvalue weighted by atomic mass is 9.78. The number of hydrogen-bond donors (Lipinski definition) is 0. The van der Waals surface area contributed by atoms with Crippen LogP contribution in [0, 0.1) is 0 Å². The van der Waals surface area contributed by atoms with Crippen LogP contribution in [0.15, 0.2) is 339 Å². The molecule has 1 saturated heterocycles. The van der Waals surface area contributed by atoms with Crippen molar-refractivity contribution in [2.24, 2.45) is 0 Å². The summed E-state index contributed by atoms with van der Waals surface area (Å²) in [4.78, 5) is 43.0. The average molecular weight is 1480 g/mol. The van der Waals surface area contributed by atoms with Crippen LogP contribution in [-0.2, 0) is 9.31 Å². The van der Waals surface area contributed by atoms with E-state index in [2.05, 4.69) is 318 Å². The third kappa shape index (κ3) is 12.8.